The largest absolute Gasteiger partial charge is 0.385 e. The van der Waals surface area contributed by atoms with Crippen LogP contribution >= 0.6 is 0 Å². The molecule has 13 nitrogen and oxygen atoms in total. The van der Waals surface area contributed by atoms with E-state index in [9.17, 15) is 23.6 Å². The fourth-order valence-electron chi connectivity index (χ4n) is 9.65. The summed E-state index contributed by atoms with van der Waals surface area (Å²) in [5.74, 6) is -0.362. The van der Waals surface area contributed by atoms with E-state index in [4.69, 9.17) is 0 Å². The van der Waals surface area contributed by atoms with E-state index in [-0.39, 0.29) is 36.5 Å². The Hall–Kier alpha value is -5.21. The Labute approximate surface area is 344 Å². The number of rotatable bonds is 14. The average molecular weight is 806 g/mol. The maximum atomic E-state index is 14.9. The van der Waals surface area contributed by atoms with Crippen molar-refractivity contribution in [2.24, 2.45) is 0 Å². The number of aryl methyl sites for hydroxylation is 1. The fraction of sp³-hybridized carbons (Fsp3) is 0.511. The summed E-state index contributed by atoms with van der Waals surface area (Å²) < 4.78 is 16.0. The van der Waals surface area contributed by atoms with Gasteiger partial charge in [-0.15, -0.1) is 5.10 Å². The van der Waals surface area contributed by atoms with Crippen LogP contribution in [0.5, 0.6) is 0 Å². The molecule has 2 N–H and O–H groups in total. The summed E-state index contributed by atoms with van der Waals surface area (Å²) in [7, 11) is 4.31. The Balaban J connectivity index is 0.733. The number of hydrogen-bond acceptors (Lipinski definition) is 10. The number of benzene rings is 3. The summed E-state index contributed by atoms with van der Waals surface area (Å²) in [5, 5.41) is 14.1. The van der Waals surface area contributed by atoms with E-state index in [0.717, 1.165) is 112 Å². The summed E-state index contributed by atoms with van der Waals surface area (Å²) in [6.45, 7) is 5.71. The van der Waals surface area contributed by atoms with Gasteiger partial charge in [0.25, 0.3) is 11.5 Å². The number of nitrogens with zero attached hydrogens (tertiary/aromatic N) is 7. The van der Waals surface area contributed by atoms with Crippen LogP contribution in [0.25, 0.3) is 10.9 Å². The molecule has 312 valence electrons. The monoisotopic (exact) mass is 805 g/mol. The Morgan fingerprint density at radius 1 is 0.881 bits per heavy atom. The van der Waals surface area contributed by atoms with Crippen molar-refractivity contribution in [2.75, 3.05) is 70.1 Å². The molecule has 3 fully saturated rings. The molecule has 3 aliphatic heterocycles. The van der Waals surface area contributed by atoms with Crippen molar-refractivity contribution < 1.29 is 18.8 Å². The first kappa shape index (κ1) is 40.6. The zero-order chi connectivity index (χ0) is 41.0. The fourth-order valence-corrected chi connectivity index (χ4v) is 9.65. The van der Waals surface area contributed by atoms with Crippen molar-refractivity contribution in [2.45, 2.75) is 88.3 Å². The summed E-state index contributed by atoms with van der Waals surface area (Å²) in [6.07, 6.45) is 7.78. The topological polar surface area (TPSA) is 136 Å². The van der Waals surface area contributed by atoms with Gasteiger partial charge in [-0.05, 0) is 93.7 Å². The molecule has 2 unspecified atom stereocenters. The average Bonchev–Trinajstić information content (AvgIpc) is 3.89. The molecule has 4 atom stereocenters. The molecule has 3 amide bonds. The number of fused-ring (bicyclic) bond motifs is 2. The zero-order valence-corrected chi connectivity index (χ0v) is 34.2. The van der Waals surface area contributed by atoms with E-state index >= 15 is 0 Å². The van der Waals surface area contributed by atoms with Crippen molar-refractivity contribution in [3.05, 3.63) is 93.5 Å². The molecule has 4 aliphatic rings. The van der Waals surface area contributed by atoms with E-state index in [1.165, 1.54) is 11.3 Å². The van der Waals surface area contributed by atoms with Gasteiger partial charge in [0.2, 0.25) is 11.8 Å². The number of hydrogen-bond donors (Lipinski definition) is 2. The highest BCUT2D eigenvalue weighted by Gasteiger charge is 2.41. The number of likely N-dealkylation sites (N-methyl/N-ethyl adjacent to an activating group) is 1. The predicted octanol–water partition coefficient (Wildman–Crippen LogP) is 5.03. The number of piperazine rings is 1. The van der Waals surface area contributed by atoms with Crippen LogP contribution in [0.3, 0.4) is 0 Å². The maximum Gasteiger partial charge on any atom is 0.278 e. The molecule has 4 aromatic rings. The lowest BCUT2D eigenvalue weighted by Gasteiger charge is -2.36. The second-order valence-corrected chi connectivity index (χ2v) is 16.9. The summed E-state index contributed by atoms with van der Waals surface area (Å²) >= 11 is 0. The zero-order valence-electron chi connectivity index (χ0n) is 34.2. The van der Waals surface area contributed by atoms with Gasteiger partial charge >= 0.3 is 0 Å². The van der Waals surface area contributed by atoms with Crippen LogP contribution in [0.4, 0.5) is 15.8 Å². The number of carbonyl (C=O) groups is 3. The summed E-state index contributed by atoms with van der Waals surface area (Å²) in [5.41, 5.74) is 5.42. The minimum absolute atomic E-state index is 0.0667. The lowest BCUT2D eigenvalue weighted by Crippen LogP contribution is -2.48. The third-order valence-corrected chi connectivity index (χ3v) is 13.0. The van der Waals surface area contributed by atoms with Crippen molar-refractivity contribution in [1.82, 2.24) is 35.0 Å². The van der Waals surface area contributed by atoms with Gasteiger partial charge in [-0.2, -0.15) is 4.68 Å². The lowest BCUT2D eigenvalue weighted by atomic mass is 9.93. The van der Waals surface area contributed by atoms with Gasteiger partial charge in [0.15, 0.2) is 0 Å². The smallest absolute Gasteiger partial charge is 0.278 e. The van der Waals surface area contributed by atoms with Crippen molar-refractivity contribution in [3.63, 3.8) is 0 Å². The van der Waals surface area contributed by atoms with Crippen LogP contribution < -0.4 is 21.1 Å². The number of nitrogens with one attached hydrogen (secondary N) is 2. The van der Waals surface area contributed by atoms with Gasteiger partial charge in [-0.3, -0.25) is 29.4 Å². The molecule has 1 aliphatic carbocycles. The van der Waals surface area contributed by atoms with Crippen LogP contribution in [-0.2, 0) is 20.8 Å². The molecular formula is C45H56FN9O4. The van der Waals surface area contributed by atoms with E-state index in [0.29, 0.717) is 29.3 Å². The third kappa shape index (κ3) is 8.89. The Morgan fingerprint density at radius 3 is 2.42 bits per heavy atom. The minimum atomic E-state index is -0.854. The van der Waals surface area contributed by atoms with Crippen LogP contribution in [-0.4, -0.2) is 113 Å². The second-order valence-electron chi connectivity index (χ2n) is 16.9. The van der Waals surface area contributed by atoms with E-state index in [2.05, 4.69) is 80.1 Å². The third-order valence-electron chi connectivity index (χ3n) is 13.0. The highest BCUT2D eigenvalue weighted by molar-refractivity contribution is 5.99. The Morgan fingerprint density at radius 2 is 1.64 bits per heavy atom. The number of unbranched alkanes of at least 4 members (excludes halogenated alkanes) is 4. The van der Waals surface area contributed by atoms with Gasteiger partial charge in [0.05, 0.1) is 5.39 Å². The molecule has 1 aromatic heterocycles. The highest BCUT2D eigenvalue weighted by Crippen LogP contribution is 2.42. The first-order valence-electron chi connectivity index (χ1n) is 21.4. The van der Waals surface area contributed by atoms with Gasteiger partial charge in [-0.1, -0.05) is 48.7 Å². The van der Waals surface area contributed by atoms with Crippen LogP contribution in [0, 0.1) is 5.82 Å². The first-order chi connectivity index (χ1) is 28.6. The number of likely N-dealkylation sites (tertiary alicyclic amines) is 1. The molecule has 4 heterocycles. The predicted molar refractivity (Wildman–Crippen MR) is 226 cm³/mol. The molecule has 14 heteroatoms. The van der Waals surface area contributed by atoms with Gasteiger partial charge in [-0.25, -0.2) is 4.39 Å². The number of imide groups is 1. The van der Waals surface area contributed by atoms with Crippen molar-refractivity contribution >= 4 is 40.0 Å². The number of aromatic nitrogens is 3. The molecule has 59 heavy (non-hydrogen) atoms. The van der Waals surface area contributed by atoms with Crippen LogP contribution in [0.2, 0.25) is 0 Å². The van der Waals surface area contributed by atoms with Crippen LogP contribution in [0.15, 0.2) is 65.5 Å². The standard InChI is InChI=1S/C45H56FN9O4/c1-51(2)40-29-54(38-19-14-31-9-8-10-36(46)43(31)38)28-35(40)30-12-16-33(17-13-30)52-23-25-53(26-24-52)42(57)11-6-4-3-5-7-22-47-32-15-18-37-34(27-32)45(59)55(50-49-37)39-20-21-41(56)48-44(39)58/h8-10,12-13,15-18,27,35,38-40,47H,3-7,11,14,19-26,28-29H2,1-2H3,(H,48,56,58)/t35-,38?,39?,40+/m1/s1. The SMILES string of the molecule is CN(C)[C@H]1CN(C2CCc3cccc(F)c32)C[C@@H]1c1ccc(N2CCN(C(=O)CCCCCCCNc3ccc4nnn(C5CCC(=O)NC5=O)c(=O)c4c3)CC2)cc1. The number of carbonyl (C=O) groups excluding carboxylic acids is 3. The quantitative estimate of drug-likeness (QED) is 0.132. The Bertz CT molecular complexity index is 2220. The van der Waals surface area contributed by atoms with E-state index in [1.807, 2.05) is 17.0 Å². The molecule has 3 saturated heterocycles. The number of piperidine rings is 1. The molecule has 0 bridgehead atoms. The van der Waals surface area contributed by atoms with Gasteiger partial charge in [0, 0.05) is 93.6 Å². The molecule has 8 rings (SSSR count). The summed E-state index contributed by atoms with van der Waals surface area (Å²) in [4.78, 5) is 59.3. The maximum absolute atomic E-state index is 14.9. The van der Waals surface area contributed by atoms with E-state index < -0.39 is 17.5 Å². The van der Waals surface area contributed by atoms with Gasteiger partial charge < -0.3 is 20.0 Å². The van der Waals surface area contributed by atoms with Crippen molar-refractivity contribution in [3.8, 4) is 0 Å². The lowest BCUT2D eigenvalue weighted by molar-refractivity contribution is -0.136. The highest BCUT2D eigenvalue weighted by atomic mass is 19.1. The summed E-state index contributed by atoms with van der Waals surface area (Å²) in [6, 6.07) is 19.6. The normalized spacial score (nSPS) is 22.3. The molecular weight excluding hydrogens is 750 g/mol. The number of halogens is 1. The second kappa shape index (κ2) is 18.0. The van der Waals surface area contributed by atoms with Crippen LogP contribution in [0.1, 0.15) is 92.5 Å². The van der Waals surface area contributed by atoms with E-state index in [1.54, 1.807) is 18.2 Å². The number of anilines is 2. The molecule has 0 saturated carbocycles. The Kier molecular flexibility index (Phi) is 12.3. The first-order valence-corrected chi connectivity index (χ1v) is 21.4. The van der Waals surface area contributed by atoms with Crippen molar-refractivity contribution in [1.29, 1.82) is 0 Å². The molecule has 0 radical (unpaired) electrons. The number of amides is 3. The minimum Gasteiger partial charge on any atom is -0.385 e. The molecule has 3 aromatic carbocycles. The molecule has 0 spiro atoms. The van der Waals surface area contributed by atoms with Gasteiger partial charge in [0.1, 0.15) is 17.4 Å².